The molecule has 0 aliphatic carbocycles. The lowest BCUT2D eigenvalue weighted by Gasteiger charge is -2.31. The van der Waals surface area contributed by atoms with Gasteiger partial charge >= 0.3 is 0 Å². The van der Waals surface area contributed by atoms with Crippen LogP contribution in [0.25, 0.3) is 0 Å². The van der Waals surface area contributed by atoms with Gasteiger partial charge in [0, 0.05) is 33.6 Å². The van der Waals surface area contributed by atoms with Gasteiger partial charge in [-0.15, -0.1) is 0 Å². The number of hydrogen-bond donors (Lipinski definition) is 1. The van der Waals surface area contributed by atoms with E-state index in [4.69, 9.17) is 28.8 Å². The molecule has 8 nitrogen and oxygen atoms in total. The highest BCUT2D eigenvalue weighted by molar-refractivity contribution is 5.91. The first-order valence-corrected chi connectivity index (χ1v) is 9.63. The minimum atomic E-state index is -0.573. The van der Waals surface area contributed by atoms with Crippen LogP contribution in [0.3, 0.4) is 0 Å². The van der Waals surface area contributed by atoms with E-state index in [9.17, 15) is 4.79 Å². The molecule has 0 radical (unpaired) electrons. The number of nitrogens with zero attached hydrogens (tertiary/aromatic N) is 1. The molecule has 2 atom stereocenters. The van der Waals surface area contributed by atoms with Crippen molar-refractivity contribution in [2.75, 3.05) is 54.2 Å². The molecule has 8 heteroatoms. The van der Waals surface area contributed by atoms with Gasteiger partial charge in [0.2, 0.25) is 6.29 Å². The van der Waals surface area contributed by atoms with Gasteiger partial charge in [-0.25, -0.2) is 0 Å². The van der Waals surface area contributed by atoms with Gasteiger partial charge in [-0.3, -0.25) is 4.79 Å². The van der Waals surface area contributed by atoms with Gasteiger partial charge in [0.05, 0.1) is 33.0 Å². The second-order valence-electron chi connectivity index (χ2n) is 6.62. The maximum Gasteiger partial charge on any atom is 0.288 e. The van der Waals surface area contributed by atoms with Crippen LogP contribution in [0.2, 0.25) is 0 Å². The van der Waals surface area contributed by atoms with Crippen molar-refractivity contribution in [2.24, 2.45) is 0 Å². The topological polar surface area (TPSA) is 86.7 Å². The van der Waals surface area contributed by atoms with Crippen molar-refractivity contribution in [3.63, 3.8) is 0 Å². The van der Waals surface area contributed by atoms with Crippen LogP contribution in [0.15, 0.2) is 42.2 Å². The van der Waals surface area contributed by atoms with E-state index >= 15 is 0 Å². The van der Waals surface area contributed by atoms with E-state index in [2.05, 4.69) is 0 Å². The zero-order valence-corrected chi connectivity index (χ0v) is 17.3. The fourth-order valence-electron chi connectivity index (χ4n) is 2.99. The first-order valence-electron chi connectivity index (χ1n) is 9.63. The van der Waals surface area contributed by atoms with Crippen LogP contribution in [0.1, 0.15) is 17.9 Å². The molecule has 1 aliphatic heterocycles. The molecule has 2 rings (SSSR count). The molecule has 1 aromatic rings. The Hall–Kier alpha value is -1.97. The van der Waals surface area contributed by atoms with Crippen molar-refractivity contribution in [1.82, 2.24) is 4.90 Å². The number of carbonyl (C=O) groups excluding carboxylic acids is 1. The molecule has 1 heterocycles. The van der Waals surface area contributed by atoms with Crippen molar-refractivity contribution in [2.45, 2.75) is 24.9 Å². The number of carbonyl (C=O) groups is 1. The molecule has 162 valence electrons. The summed E-state index contributed by atoms with van der Waals surface area (Å²) in [7, 11) is 4.72. The van der Waals surface area contributed by atoms with E-state index < -0.39 is 12.6 Å². The number of amides is 1. The van der Waals surface area contributed by atoms with Gasteiger partial charge in [0.1, 0.15) is 0 Å². The Labute approximate surface area is 171 Å². The molecule has 1 aliphatic rings. The zero-order valence-electron chi connectivity index (χ0n) is 17.3. The van der Waals surface area contributed by atoms with Crippen LogP contribution in [0.4, 0.5) is 0 Å². The Bertz CT molecular complexity index is 633. The molecule has 29 heavy (non-hydrogen) atoms. The van der Waals surface area contributed by atoms with E-state index in [1.54, 1.807) is 7.05 Å². The molecular formula is C21H31NO7. The second-order valence-corrected chi connectivity index (χ2v) is 6.62. The number of likely N-dealkylation sites (N-methyl/N-ethyl adjacent to an activating group) is 1. The fourth-order valence-corrected chi connectivity index (χ4v) is 2.99. The van der Waals surface area contributed by atoms with Gasteiger partial charge in [-0.2, -0.15) is 0 Å². The van der Waals surface area contributed by atoms with Crippen molar-refractivity contribution >= 4 is 5.91 Å². The third-order valence-corrected chi connectivity index (χ3v) is 4.56. The number of methoxy groups -OCH3 is 2. The Balaban J connectivity index is 2.08. The quantitative estimate of drug-likeness (QED) is 0.414. The van der Waals surface area contributed by atoms with Crippen LogP contribution >= 0.6 is 0 Å². The number of hydrogen-bond acceptors (Lipinski definition) is 7. The van der Waals surface area contributed by atoms with Crippen LogP contribution in [0.5, 0.6) is 0 Å². The normalized spacial score (nSPS) is 19.0. The molecule has 1 N–H and O–H groups in total. The third kappa shape index (κ3) is 7.41. The molecule has 1 aromatic carbocycles. The summed E-state index contributed by atoms with van der Waals surface area (Å²) in [5.74, 6) is -0.0454. The monoisotopic (exact) mass is 409 g/mol. The molecule has 0 unspecified atom stereocenters. The lowest BCUT2D eigenvalue weighted by Crippen LogP contribution is -2.39. The summed E-state index contributed by atoms with van der Waals surface area (Å²) < 4.78 is 27.2. The third-order valence-electron chi connectivity index (χ3n) is 4.56. The smallest absolute Gasteiger partial charge is 0.288 e. The van der Waals surface area contributed by atoms with E-state index in [1.807, 2.05) is 36.4 Å². The van der Waals surface area contributed by atoms with Gasteiger partial charge < -0.3 is 33.7 Å². The molecule has 0 saturated heterocycles. The molecule has 0 spiro atoms. The van der Waals surface area contributed by atoms with Crippen LogP contribution in [-0.2, 0) is 28.5 Å². The second kappa shape index (κ2) is 12.6. The lowest BCUT2D eigenvalue weighted by atomic mass is 9.93. The van der Waals surface area contributed by atoms with Gasteiger partial charge in [0.15, 0.2) is 12.0 Å². The number of aliphatic hydroxyl groups excluding tert-OH is 1. The maximum atomic E-state index is 12.9. The average Bonchev–Trinajstić information content (AvgIpc) is 2.77. The van der Waals surface area contributed by atoms with Crippen LogP contribution in [0, 0.1) is 0 Å². The first-order chi connectivity index (χ1) is 14.1. The standard InChI is InChI=1S/C21H31NO7/c1-22(15-20(25-2)26-3)21(24)18-13-17(16-7-5-4-6-8-16)14-19(29-18)28-12-11-27-10-9-23/h4-8,13,17,19-20,23H,9-12,14-15H2,1-3H3/t17-,19+/m0/s1. The predicted molar refractivity (Wildman–Crippen MR) is 106 cm³/mol. The summed E-state index contributed by atoms with van der Waals surface area (Å²) in [6, 6.07) is 9.92. The average molecular weight is 409 g/mol. The zero-order chi connectivity index (χ0) is 21.1. The van der Waals surface area contributed by atoms with Crippen LogP contribution < -0.4 is 0 Å². The minimum Gasteiger partial charge on any atom is -0.459 e. The summed E-state index contributed by atoms with van der Waals surface area (Å²) in [5.41, 5.74) is 1.08. The van der Waals surface area contributed by atoms with E-state index in [0.29, 0.717) is 19.6 Å². The van der Waals surface area contributed by atoms with E-state index in [-0.39, 0.29) is 37.3 Å². The van der Waals surface area contributed by atoms with Crippen molar-refractivity contribution in [3.05, 3.63) is 47.7 Å². The summed E-state index contributed by atoms with van der Waals surface area (Å²) in [5, 5.41) is 8.76. The summed E-state index contributed by atoms with van der Waals surface area (Å²) >= 11 is 0. The summed E-state index contributed by atoms with van der Waals surface area (Å²) in [4.78, 5) is 14.4. The van der Waals surface area contributed by atoms with Gasteiger partial charge in [0.25, 0.3) is 5.91 Å². The molecule has 1 amide bonds. The highest BCUT2D eigenvalue weighted by atomic mass is 16.7. The number of rotatable bonds is 12. The number of benzene rings is 1. The van der Waals surface area contributed by atoms with Crippen LogP contribution in [-0.4, -0.2) is 82.7 Å². The van der Waals surface area contributed by atoms with E-state index in [1.165, 1.54) is 19.1 Å². The Kier molecular flexibility index (Phi) is 10.1. The molecule has 0 saturated carbocycles. The number of aliphatic hydroxyl groups is 1. The number of ether oxygens (including phenoxy) is 5. The minimum absolute atomic E-state index is 0.0127. The van der Waals surface area contributed by atoms with Gasteiger partial charge in [-0.05, 0) is 11.6 Å². The molecular weight excluding hydrogens is 378 g/mol. The van der Waals surface area contributed by atoms with Gasteiger partial charge in [-0.1, -0.05) is 30.3 Å². The fraction of sp³-hybridized carbons (Fsp3) is 0.571. The highest BCUT2D eigenvalue weighted by Gasteiger charge is 2.30. The Morgan fingerprint density at radius 2 is 1.93 bits per heavy atom. The van der Waals surface area contributed by atoms with Crippen molar-refractivity contribution in [3.8, 4) is 0 Å². The largest absolute Gasteiger partial charge is 0.459 e. The molecule has 0 bridgehead atoms. The SMILES string of the molecule is COC(CN(C)C(=O)C1=C[C@H](c2ccccc2)C[C@H](OCCOCCO)O1)OC. The first kappa shape index (κ1) is 23.3. The Morgan fingerprint density at radius 1 is 1.21 bits per heavy atom. The Morgan fingerprint density at radius 3 is 2.59 bits per heavy atom. The maximum absolute atomic E-state index is 12.9. The molecule has 0 fully saturated rings. The summed E-state index contributed by atoms with van der Waals surface area (Å²) in [6.45, 7) is 1.14. The van der Waals surface area contributed by atoms with E-state index in [0.717, 1.165) is 5.56 Å². The lowest BCUT2D eigenvalue weighted by molar-refractivity contribution is -0.161. The summed E-state index contributed by atoms with van der Waals surface area (Å²) in [6.07, 6.45) is 1.33. The number of allylic oxidation sites excluding steroid dienone is 1. The van der Waals surface area contributed by atoms with Crippen molar-refractivity contribution in [1.29, 1.82) is 0 Å². The predicted octanol–water partition coefficient (Wildman–Crippen LogP) is 1.50. The molecule has 0 aromatic heterocycles. The van der Waals surface area contributed by atoms with Crippen molar-refractivity contribution < 1.29 is 33.6 Å². The highest BCUT2D eigenvalue weighted by Crippen LogP contribution is 2.31.